The highest BCUT2D eigenvalue weighted by atomic mass is 35.5. The summed E-state index contributed by atoms with van der Waals surface area (Å²) in [4.78, 5) is 0. The molecule has 1 aromatic carbocycles. The Kier molecular flexibility index (Phi) is 5.72. The Hall–Kier alpha value is -0.530. The molecule has 2 heteroatoms. The van der Waals surface area contributed by atoms with Crippen molar-refractivity contribution in [3.8, 4) is 0 Å². The van der Waals surface area contributed by atoms with E-state index in [1.807, 2.05) is 0 Å². The molecule has 1 saturated carbocycles. The van der Waals surface area contributed by atoms with Crippen LogP contribution < -0.4 is 5.32 Å². The lowest BCUT2D eigenvalue weighted by Gasteiger charge is -2.27. The van der Waals surface area contributed by atoms with E-state index < -0.39 is 0 Å². The minimum atomic E-state index is 0.379. The molecule has 0 radical (unpaired) electrons. The summed E-state index contributed by atoms with van der Waals surface area (Å²) in [6, 6.07) is 8.96. The molecule has 106 valence electrons. The summed E-state index contributed by atoms with van der Waals surface area (Å²) in [5.41, 5.74) is 2.78. The molecule has 2 rings (SSSR count). The van der Waals surface area contributed by atoms with E-state index in [9.17, 15) is 0 Å². The van der Waals surface area contributed by atoms with Gasteiger partial charge in [0.2, 0.25) is 0 Å². The molecule has 0 aliphatic heterocycles. The standard InChI is InChI=1S/C17H26ClN/c1-13(2)15-9-7-14(8-10-15)11-19-12-16-5-3-4-6-17(16)18/h7-10,13,16-17,19H,3-6,11-12H2,1-2H3. The van der Waals surface area contributed by atoms with Crippen LogP contribution in [-0.2, 0) is 6.54 Å². The van der Waals surface area contributed by atoms with Gasteiger partial charge < -0.3 is 5.32 Å². The molecular weight excluding hydrogens is 254 g/mol. The zero-order chi connectivity index (χ0) is 13.7. The molecule has 2 unspecified atom stereocenters. The number of nitrogens with one attached hydrogen (secondary N) is 1. The Morgan fingerprint density at radius 1 is 1.16 bits per heavy atom. The third kappa shape index (κ3) is 4.50. The average molecular weight is 280 g/mol. The van der Waals surface area contributed by atoms with Crippen LogP contribution in [0.1, 0.15) is 56.6 Å². The summed E-state index contributed by atoms with van der Waals surface area (Å²) in [6.07, 6.45) is 5.13. The number of benzene rings is 1. The van der Waals surface area contributed by atoms with Gasteiger partial charge in [0.25, 0.3) is 0 Å². The minimum Gasteiger partial charge on any atom is -0.312 e. The van der Waals surface area contributed by atoms with Crippen LogP contribution >= 0.6 is 11.6 Å². The van der Waals surface area contributed by atoms with Crippen LogP contribution in [-0.4, -0.2) is 11.9 Å². The predicted molar refractivity (Wildman–Crippen MR) is 83.8 cm³/mol. The zero-order valence-corrected chi connectivity index (χ0v) is 12.9. The van der Waals surface area contributed by atoms with E-state index in [2.05, 4.69) is 43.4 Å². The van der Waals surface area contributed by atoms with Crippen LogP contribution in [0.2, 0.25) is 0 Å². The molecule has 19 heavy (non-hydrogen) atoms. The molecule has 0 spiro atoms. The molecule has 1 N–H and O–H groups in total. The molecule has 2 atom stereocenters. The fourth-order valence-electron chi connectivity index (χ4n) is 2.81. The normalized spacial score (nSPS) is 23.8. The highest BCUT2D eigenvalue weighted by Gasteiger charge is 2.22. The second kappa shape index (κ2) is 7.31. The molecule has 1 aliphatic carbocycles. The van der Waals surface area contributed by atoms with Crippen LogP contribution in [0.25, 0.3) is 0 Å². The van der Waals surface area contributed by atoms with Crippen LogP contribution in [0.4, 0.5) is 0 Å². The number of alkyl halides is 1. The number of rotatable bonds is 5. The Morgan fingerprint density at radius 3 is 2.47 bits per heavy atom. The van der Waals surface area contributed by atoms with Crippen molar-refractivity contribution in [1.82, 2.24) is 5.32 Å². The van der Waals surface area contributed by atoms with E-state index in [-0.39, 0.29) is 0 Å². The van der Waals surface area contributed by atoms with Crippen LogP contribution in [0.5, 0.6) is 0 Å². The van der Waals surface area contributed by atoms with Crippen molar-refractivity contribution in [2.45, 2.75) is 57.4 Å². The summed E-state index contributed by atoms with van der Waals surface area (Å²) in [6.45, 7) is 6.48. The molecule has 1 aliphatic rings. The fraction of sp³-hybridized carbons (Fsp3) is 0.647. The van der Waals surface area contributed by atoms with E-state index in [0.717, 1.165) is 13.1 Å². The lowest BCUT2D eigenvalue weighted by molar-refractivity contribution is 0.348. The smallest absolute Gasteiger partial charge is 0.0376 e. The van der Waals surface area contributed by atoms with E-state index in [1.54, 1.807) is 0 Å². The van der Waals surface area contributed by atoms with Crippen molar-refractivity contribution in [2.24, 2.45) is 5.92 Å². The first-order valence-corrected chi connectivity index (χ1v) is 8.04. The topological polar surface area (TPSA) is 12.0 Å². The summed E-state index contributed by atoms with van der Waals surface area (Å²) in [5.74, 6) is 1.27. The molecular formula is C17H26ClN. The Morgan fingerprint density at radius 2 is 1.84 bits per heavy atom. The van der Waals surface area contributed by atoms with Gasteiger partial charge in [-0.1, -0.05) is 51.0 Å². The van der Waals surface area contributed by atoms with E-state index in [0.29, 0.717) is 17.2 Å². The first kappa shape index (κ1) is 14.9. The van der Waals surface area contributed by atoms with E-state index in [1.165, 1.54) is 36.8 Å². The molecule has 0 saturated heterocycles. The molecule has 1 nitrogen and oxygen atoms in total. The summed E-state index contributed by atoms with van der Waals surface area (Å²) >= 11 is 6.38. The van der Waals surface area contributed by atoms with Crippen LogP contribution in [0.15, 0.2) is 24.3 Å². The molecule has 1 fully saturated rings. The van der Waals surface area contributed by atoms with Gasteiger partial charge in [0, 0.05) is 11.9 Å². The van der Waals surface area contributed by atoms with Gasteiger partial charge in [0.05, 0.1) is 0 Å². The lowest BCUT2D eigenvalue weighted by Crippen LogP contribution is -2.30. The average Bonchev–Trinajstić information content (AvgIpc) is 2.41. The Bertz CT molecular complexity index is 371. The molecule has 0 amide bonds. The number of halogens is 1. The summed E-state index contributed by atoms with van der Waals surface area (Å²) in [7, 11) is 0. The molecule has 0 heterocycles. The van der Waals surface area contributed by atoms with Crippen molar-refractivity contribution in [3.05, 3.63) is 35.4 Å². The first-order valence-electron chi connectivity index (χ1n) is 7.60. The van der Waals surface area contributed by atoms with Gasteiger partial charge in [-0.25, -0.2) is 0 Å². The maximum Gasteiger partial charge on any atom is 0.0376 e. The van der Waals surface area contributed by atoms with Crippen molar-refractivity contribution in [1.29, 1.82) is 0 Å². The maximum atomic E-state index is 6.38. The van der Waals surface area contributed by atoms with Crippen molar-refractivity contribution >= 4 is 11.6 Å². The van der Waals surface area contributed by atoms with Crippen molar-refractivity contribution in [3.63, 3.8) is 0 Å². The molecule has 1 aromatic rings. The second-order valence-corrected chi connectivity index (χ2v) is 6.65. The van der Waals surface area contributed by atoms with Gasteiger partial charge in [0.15, 0.2) is 0 Å². The molecule has 0 bridgehead atoms. The van der Waals surface area contributed by atoms with Gasteiger partial charge in [-0.2, -0.15) is 0 Å². The highest BCUT2D eigenvalue weighted by molar-refractivity contribution is 6.20. The van der Waals surface area contributed by atoms with Crippen molar-refractivity contribution in [2.75, 3.05) is 6.54 Å². The third-order valence-electron chi connectivity index (χ3n) is 4.20. The predicted octanol–water partition coefficient (Wildman–Crippen LogP) is 4.70. The largest absolute Gasteiger partial charge is 0.312 e. The minimum absolute atomic E-state index is 0.379. The van der Waals surface area contributed by atoms with Gasteiger partial charge >= 0.3 is 0 Å². The SMILES string of the molecule is CC(C)c1ccc(CNCC2CCCCC2Cl)cc1. The van der Waals surface area contributed by atoms with Crippen molar-refractivity contribution < 1.29 is 0 Å². The third-order valence-corrected chi connectivity index (χ3v) is 4.77. The Labute approximate surface area is 122 Å². The van der Waals surface area contributed by atoms with E-state index >= 15 is 0 Å². The Balaban J connectivity index is 1.75. The number of hydrogen-bond acceptors (Lipinski definition) is 1. The second-order valence-electron chi connectivity index (χ2n) is 6.09. The van der Waals surface area contributed by atoms with Gasteiger partial charge in [0.1, 0.15) is 0 Å². The zero-order valence-electron chi connectivity index (χ0n) is 12.2. The first-order chi connectivity index (χ1) is 9.16. The van der Waals surface area contributed by atoms with E-state index in [4.69, 9.17) is 11.6 Å². The molecule has 0 aromatic heterocycles. The maximum absolute atomic E-state index is 6.38. The highest BCUT2D eigenvalue weighted by Crippen LogP contribution is 2.28. The summed E-state index contributed by atoms with van der Waals surface area (Å²) < 4.78 is 0. The van der Waals surface area contributed by atoms with Crippen LogP contribution in [0, 0.1) is 5.92 Å². The van der Waals surface area contributed by atoms with Gasteiger partial charge in [-0.3, -0.25) is 0 Å². The van der Waals surface area contributed by atoms with Gasteiger partial charge in [-0.05, 0) is 42.3 Å². The fourth-order valence-corrected chi connectivity index (χ4v) is 3.18. The number of hydrogen-bond donors (Lipinski definition) is 1. The summed E-state index contributed by atoms with van der Waals surface area (Å²) in [5, 5.41) is 3.95. The monoisotopic (exact) mass is 279 g/mol. The van der Waals surface area contributed by atoms with Crippen LogP contribution in [0.3, 0.4) is 0 Å². The van der Waals surface area contributed by atoms with Gasteiger partial charge in [-0.15, -0.1) is 11.6 Å². The quantitative estimate of drug-likeness (QED) is 0.771. The lowest BCUT2D eigenvalue weighted by atomic mass is 9.88.